The van der Waals surface area contributed by atoms with Crippen LogP contribution in [0.5, 0.6) is 0 Å². The lowest BCUT2D eigenvalue weighted by Gasteiger charge is -2.41. The molecule has 1 aromatic rings. The molecule has 1 heterocycles. The summed E-state index contributed by atoms with van der Waals surface area (Å²) in [5.74, 6) is 0.388. The molecular formula is C23H29N3O3. The molecule has 3 rings (SSSR count). The van der Waals surface area contributed by atoms with E-state index in [0.717, 1.165) is 36.7 Å². The van der Waals surface area contributed by atoms with E-state index in [1.54, 1.807) is 0 Å². The van der Waals surface area contributed by atoms with Crippen LogP contribution in [-0.4, -0.2) is 50.6 Å². The minimum Gasteiger partial charge on any atom is -0.451 e. The summed E-state index contributed by atoms with van der Waals surface area (Å²) in [6.45, 7) is 1.19. The number of benzene rings is 1. The van der Waals surface area contributed by atoms with Crippen molar-refractivity contribution in [3.8, 4) is 6.07 Å². The molecule has 29 heavy (non-hydrogen) atoms. The van der Waals surface area contributed by atoms with Crippen LogP contribution >= 0.6 is 0 Å². The van der Waals surface area contributed by atoms with Gasteiger partial charge < -0.3 is 14.5 Å². The molecule has 6 nitrogen and oxygen atoms in total. The van der Waals surface area contributed by atoms with E-state index in [0.29, 0.717) is 5.92 Å². The number of rotatable bonds is 5. The number of anilines is 1. The van der Waals surface area contributed by atoms with Crippen LogP contribution in [-0.2, 0) is 14.3 Å². The number of likely N-dealkylation sites (tertiary alicyclic amines) is 1. The Bertz CT molecular complexity index is 808. The molecule has 1 aliphatic heterocycles. The van der Waals surface area contributed by atoms with E-state index >= 15 is 0 Å². The number of hydrogen-bond acceptors (Lipinski definition) is 5. The van der Waals surface area contributed by atoms with Gasteiger partial charge in [-0.25, -0.2) is 4.79 Å². The molecule has 6 heteroatoms. The fourth-order valence-electron chi connectivity index (χ4n) is 4.30. The topological polar surface area (TPSA) is 73.6 Å². The lowest BCUT2D eigenvalue weighted by Crippen LogP contribution is -2.46. The number of amides is 1. The maximum atomic E-state index is 12.5. The number of ether oxygens (including phenoxy) is 1. The van der Waals surface area contributed by atoms with E-state index < -0.39 is 5.97 Å². The Labute approximate surface area is 172 Å². The predicted molar refractivity (Wildman–Crippen MR) is 112 cm³/mol. The van der Waals surface area contributed by atoms with E-state index in [-0.39, 0.29) is 18.1 Å². The first kappa shape index (κ1) is 20.9. The first-order valence-corrected chi connectivity index (χ1v) is 10.3. The predicted octanol–water partition coefficient (Wildman–Crippen LogP) is 3.24. The number of hydrogen-bond donors (Lipinski definition) is 0. The van der Waals surface area contributed by atoms with Gasteiger partial charge in [-0.2, -0.15) is 5.26 Å². The third-order valence-electron chi connectivity index (χ3n) is 6.03. The van der Waals surface area contributed by atoms with Crippen molar-refractivity contribution < 1.29 is 14.3 Å². The maximum absolute atomic E-state index is 12.5. The molecule has 2 atom stereocenters. The molecule has 1 saturated heterocycles. The Morgan fingerprint density at radius 3 is 2.52 bits per heavy atom. The second-order valence-electron chi connectivity index (χ2n) is 8.16. The molecule has 0 radical (unpaired) electrons. The maximum Gasteiger partial charge on any atom is 0.349 e. The van der Waals surface area contributed by atoms with Crippen LogP contribution in [0, 0.1) is 23.2 Å². The summed E-state index contributed by atoms with van der Waals surface area (Å²) in [6.07, 6.45) is 7.52. The summed E-state index contributed by atoms with van der Waals surface area (Å²) in [6, 6.07) is 9.36. The zero-order valence-corrected chi connectivity index (χ0v) is 17.3. The number of nitrogens with zero attached hydrogens (tertiary/aromatic N) is 3. The van der Waals surface area contributed by atoms with Crippen molar-refractivity contribution in [3.05, 3.63) is 35.4 Å². The summed E-state index contributed by atoms with van der Waals surface area (Å²) in [5, 5.41) is 9.32. The van der Waals surface area contributed by atoms with Crippen LogP contribution in [0.25, 0.3) is 6.08 Å². The normalized spacial score (nSPS) is 21.7. The smallest absolute Gasteiger partial charge is 0.349 e. The van der Waals surface area contributed by atoms with Gasteiger partial charge >= 0.3 is 5.97 Å². The van der Waals surface area contributed by atoms with Crippen molar-refractivity contribution in [2.45, 2.75) is 32.1 Å². The van der Waals surface area contributed by atoms with Gasteiger partial charge in [0.1, 0.15) is 11.6 Å². The summed E-state index contributed by atoms with van der Waals surface area (Å²) < 4.78 is 5.15. The van der Waals surface area contributed by atoms with Gasteiger partial charge in [0.05, 0.1) is 0 Å². The third kappa shape index (κ3) is 5.38. The van der Waals surface area contributed by atoms with Crippen LogP contribution in [0.4, 0.5) is 5.69 Å². The molecule has 0 N–H and O–H groups in total. The van der Waals surface area contributed by atoms with Crippen LogP contribution < -0.4 is 4.90 Å². The highest BCUT2D eigenvalue weighted by molar-refractivity contribution is 5.98. The van der Waals surface area contributed by atoms with Gasteiger partial charge in [0.15, 0.2) is 6.61 Å². The lowest BCUT2D eigenvalue weighted by molar-refractivity contribution is -0.150. The van der Waals surface area contributed by atoms with E-state index in [2.05, 4.69) is 0 Å². The number of piperidine rings is 1. The molecule has 154 valence electrons. The standard InChI is InChI=1S/C23H29N3O3/c1-25(2)21-9-7-17(8-10-21)13-20(14-24)23(28)29-16-22(27)26-12-11-18-5-3-4-6-19(18)15-26/h7-10,13,18-19H,3-6,11-12,15-16H2,1-2H3/b20-13+/t18-,19+/m0/s1. The zero-order chi connectivity index (χ0) is 20.8. The van der Waals surface area contributed by atoms with Crippen LogP contribution in [0.3, 0.4) is 0 Å². The van der Waals surface area contributed by atoms with Crippen molar-refractivity contribution in [1.82, 2.24) is 4.90 Å². The van der Waals surface area contributed by atoms with Crippen molar-refractivity contribution in [1.29, 1.82) is 5.26 Å². The highest BCUT2D eigenvalue weighted by atomic mass is 16.5. The van der Waals surface area contributed by atoms with E-state index in [9.17, 15) is 14.9 Å². The summed E-state index contributed by atoms with van der Waals surface area (Å²) in [5.41, 5.74) is 1.65. The Morgan fingerprint density at radius 1 is 1.17 bits per heavy atom. The van der Waals surface area contributed by atoms with Crippen molar-refractivity contribution in [2.24, 2.45) is 11.8 Å². The van der Waals surface area contributed by atoms with Gasteiger partial charge in [-0.1, -0.05) is 31.4 Å². The average molecular weight is 396 g/mol. The van der Waals surface area contributed by atoms with Crippen LogP contribution in [0.15, 0.2) is 29.8 Å². The van der Waals surface area contributed by atoms with Crippen LogP contribution in [0.2, 0.25) is 0 Å². The average Bonchev–Trinajstić information content (AvgIpc) is 2.75. The Morgan fingerprint density at radius 2 is 1.86 bits per heavy atom. The van der Waals surface area contributed by atoms with Crippen LogP contribution in [0.1, 0.15) is 37.7 Å². The number of esters is 1. The molecule has 0 bridgehead atoms. The molecule has 0 unspecified atom stereocenters. The molecule has 0 aromatic heterocycles. The monoisotopic (exact) mass is 395 g/mol. The fraction of sp³-hybridized carbons (Fsp3) is 0.522. The van der Waals surface area contributed by atoms with Crippen molar-refractivity contribution in [3.63, 3.8) is 0 Å². The molecule has 1 aliphatic carbocycles. The number of nitriles is 1. The third-order valence-corrected chi connectivity index (χ3v) is 6.03. The molecular weight excluding hydrogens is 366 g/mol. The lowest BCUT2D eigenvalue weighted by atomic mass is 9.75. The molecule has 0 spiro atoms. The van der Waals surface area contributed by atoms with Gasteiger partial charge in [-0.05, 0) is 48.4 Å². The largest absolute Gasteiger partial charge is 0.451 e. The first-order chi connectivity index (χ1) is 14.0. The Hall–Kier alpha value is -2.81. The molecule has 1 amide bonds. The second-order valence-corrected chi connectivity index (χ2v) is 8.16. The van der Waals surface area contributed by atoms with Gasteiger partial charge in [-0.15, -0.1) is 0 Å². The summed E-state index contributed by atoms with van der Waals surface area (Å²) in [4.78, 5) is 28.5. The quantitative estimate of drug-likeness (QED) is 0.435. The van der Waals surface area contributed by atoms with E-state index in [1.807, 2.05) is 54.2 Å². The van der Waals surface area contributed by atoms with Gasteiger partial charge in [-0.3, -0.25) is 4.79 Å². The Kier molecular flexibility index (Phi) is 6.92. The van der Waals surface area contributed by atoms with E-state index in [1.165, 1.54) is 31.8 Å². The van der Waals surface area contributed by atoms with Gasteiger partial charge in [0.25, 0.3) is 5.91 Å². The molecule has 2 fully saturated rings. The molecule has 1 aromatic carbocycles. The fourth-order valence-corrected chi connectivity index (χ4v) is 4.30. The Balaban J connectivity index is 1.54. The molecule has 2 aliphatic rings. The first-order valence-electron chi connectivity index (χ1n) is 10.3. The van der Waals surface area contributed by atoms with Gasteiger partial charge in [0, 0.05) is 32.9 Å². The molecule has 1 saturated carbocycles. The van der Waals surface area contributed by atoms with Crippen molar-refractivity contribution >= 4 is 23.6 Å². The number of carbonyl (C=O) groups excluding carboxylic acids is 2. The van der Waals surface area contributed by atoms with E-state index in [4.69, 9.17) is 4.74 Å². The SMILES string of the molecule is CN(C)c1ccc(/C=C(\C#N)C(=O)OCC(=O)N2CC[C@@H]3CCCC[C@@H]3C2)cc1. The minimum atomic E-state index is -0.759. The van der Waals surface area contributed by atoms with Gasteiger partial charge in [0.2, 0.25) is 0 Å². The summed E-state index contributed by atoms with van der Waals surface area (Å²) >= 11 is 0. The second kappa shape index (κ2) is 9.60. The zero-order valence-electron chi connectivity index (χ0n) is 17.3. The van der Waals surface area contributed by atoms with Crippen molar-refractivity contribution in [2.75, 3.05) is 38.7 Å². The minimum absolute atomic E-state index is 0.110. The highest BCUT2D eigenvalue weighted by Crippen LogP contribution is 2.36. The highest BCUT2D eigenvalue weighted by Gasteiger charge is 2.33. The number of fused-ring (bicyclic) bond motifs is 1. The summed E-state index contributed by atoms with van der Waals surface area (Å²) in [7, 11) is 3.88. The number of carbonyl (C=O) groups is 2.